The van der Waals surface area contributed by atoms with Crippen LogP contribution in [0, 0.1) is 6.92 Å². The molecule has 0 aliphatic carbocycles. The third kappa shape index (κ3) is 4.34. The molecule has 2 rings (SSSR count). The maximum absolute atomic E-state index is 12.1. The molecule has 114 valence electrons. The molecule has 0 heterocycles. The van der Waals surface area contributed by atoms with Crippen molar-refractivity contribution < 1.29 is 14.3 Å². The Kier molecular flexibility index (Phi) is 5.14. The zero-order chi connectivity index (χ0) is 15.9. The Bertz CT molecular complexity index is 649. The molecule has 2 aromatic carbocycles. The lowest BCUT2D eigenvalue weighted by atomic mass is 10.1. The minimum absolute atomic E-state index is 0.175. The summed E-state index contributed by atoms with van der Waals surface area (Å²) in [4.78, 5) is 23.4. The monoisotopic (exact) mass is 298 g/mol. The van der Waals surface area contributed by atoms with E-state index >= 15 is 0 Å². The van der Waals surface area contributed by atoms with E-state index < -0.39 is 6.09 Å². The predicted molar refractivity (Wildman–Crippen MR) is 86.2 cm³/mol. The smallest absolute Gasteiger partial charge is 0.411 e. The first kappa shape index (κ1) is 15.6. The van der Waals surface area contributed by atoms with Crippen LogP contribution >= 0.6 is 0 Å². The Morgan fingerprint density at radius 3 is 2.00 bits per heavy atom. The van der Waals surface area contributed by atoms with Gasteiger partial charge in [-0.1, -0.05) is 17.7 Å². The lowest BCUT2D eigenvalue weighted by Crippen LogP contribution is -2.14. The predicted octanol–water partition coefficient (Wildman–Crippen LogP) is 3.82. The van der Waals surface area contributed by atoms with E-state index in [0.717, 1.165) is 5.56 Å². The van der Waals surface area contributed by atoms with E-state index in [1.165, 1.54) is 0 Å². The molecule has 0 aromatic heterocycles. The molecule has 5 heteroatoms. The average Bonchev–Trinajstić information content (AvgIpc) is 2.50. The van der Waals surface area contributed by atoms with Crippen LogP contribution in [0.15, 0.2) is 48.5 Å². The van der Waals surface area contributed by atoms with Gasteiger partial charge in [0.05, 0.1) is 6.61 Å². The van der Waals surface area contributed by atoms with Crippen LogP contribution in [-0.2, 0) is 4.74 Å². The van der Waals surface area contributed by atoms with Crippen LogP contribution in [0.5, 0.6) is 0 Å². The number of rotatable bonds is 4. The number of carbonyl (C=O) groups is 2. The summed E-state index contributed by atoms with van der Waals surface area (Å²) in [5, 5.41) is 5.39. The van der Waals surface area contributed by atoms with Crippen LogP contribution in [0.1, 0.15) is 22.8 Å². The van der Waals surface area contributed by atoms with Gasteiger partial charge in [-0.2, -0.15) is 0 Å². The van der Waals surface area contributed by atoms with Crippen LogP contribution in [0.2, 0.25) is 0 Å². The lowest BCUT2D eigenvalue weighted by Gasteiger charge is -2.08. The zero-order valence-corrected chi connectivity index (χ0v) is 12.6. The maximum Gasteiger partial charge on any atom is 0.411 e. The number of benzene rings is 2. The number of aryl methyl sites for hydroxylation is 1. The number of hydrogen-bond acceptors (Lipinski definition) is 3. The first-order valence-corrected chi connectivity index (χ1v) is 7.00. The molecule has 0 saturated carbocycles. The summed E-state index contributed by atoms with van der Waals surface area (Å²) in [7, 11) is 0. The van der Waals surface area contributed by atoms with Crippen molar-refractivity contribution in [1.29, 1.82) is 0 Å². The molecule has 22 heavy (non-hydrogen) atoms. The van der Waals surface area contributed by atoms with Gasteiger partial charge in [0.15, 0.2) is 0 Å². The number of hydrogen-bond donors (Lipinski definition) is 2. The van der Waals surface area contributed by atoms with E-state index in [2.05, 4.69) is 10.6 Å². The summed E-state index contributed by atoms with van der Waals surface area (Å²) in [6.07, 6.45) is -0.501. The van der Waals surface area contributed by atoms with Gasteiger partial charge in [-0.05, 0) is 50.2 Å². The Morgan fingerprint density at radius 2 is 1.45 bits per heavy atom. The van der Waals surface area contributed by atoms with E-state index in [1.54, 1.807) is 43.3 Å². The third-order valence-electron chi connectivity index (χ3n) is 2.98. The SMILES string of the molecule is CCOC(=O)Nc1ccc(NC(=O)c2ccc(C)cc2)cc1. The number of anilines is 2. The average molecular weight is 298 g/mol. The summed E-state index contributed by atoms with van der Waals surface area (Å²) in [5.41, 5.74) is 2.96. The molecule has 0 spiro atoms. The Balaban J connectivity index is 1.97. The largest absolute Gasteiger partial charge is 0.450 e. The molecule has 0 saturated heterocycles. The van der Waals surface area contributed by atoms with E-state index in [0.29, 0.717) is 23.5 Å². The van der Waals surface area contributed by atoms with Gasteiger partial charge >= 0.3 is 6.09 Å². The van der Waals surface area contributed by atoms with E-state index in [1.807, 2.05) is 19.1 Å². The Hall–Kier alpha value is -2.82. The molecule has 0 aliphatic rings. The van der Waals surface area contributed by atoms with Crippen molar-refractivity contribution in [3.05, 3.63) is 59.7 Å². The van der Waals surface area contributed by atoms with Gasteiger partial charge in [0.25, 0.3) is 5.91 Å². The molecule has 0 atom stereocenters. The van der Waals surface area contributed by atoms with Crippen molar-refractivity contribution in [2.75, 3.05) is 17.2 Å². The van der Waals surface area contributed by atoms with Gasteiger partial charge in [-0.15, -0.1) is 0 Å². The van der Waals surface area contributed by atoms with Crippen molar-refractivity contribution in [1.82, 2.24) is 0 Å². The molecule has 2 amide bonds. The second-order valence-corrected chi connectivity index (χ2v) is 4.74. The molecule has 0 bridgehead atoms. The molecule has 0 aliphatic heterocycles. The minimum atomic E-state index is -0.501. The fourth-order valence-corrected chi connectivity index (χ4v) is 1.83. The summed E-state index contributed by atoms with van der Waals surface area (Å²) in [6, 6.07) is 14.2. The van der Waals surface area contributed by atoms with Crippen LogP contribution in [0.25, 0.3) is 0 Å². The van der Waals surface area contributed by atoms with E-state index in [-0.39, 0.29) is 5.91 Å². The topological polar surface area (TPSA) is 67.4 Å². The lowest BCUT2D eigenvalue weighted by molar-refractivity contribution is 0.102. The van der Waals surface area contributed by atoms with Gasteiger partial charge in [0.1, 0.15) is 0 Å². The van der Waals surface area contributed by atoms with Crippen molar-refractivity contribution in [2.24, 2.45) is 0 Å². The van der Waals surface area contributed by atoms with Gasteiger partial charge in [-0.25, -0.2) is 4.79 Å². The highest BCUT2D eigenvalue weighted by Gasteiger charge is 2.06. The fourth-order valence-electron chi connectivity index (χ4n) is 1.83. The van der Waals surface area contributed by atoms with Crippen LogP contribution in [-0.4, -0.2) is 18.6 Å². The van der Waals surface area contributed by atoms with Crippen LogP contribution < -0.4 is 10.6 Å². The second-order valence-electron chi connectivity index (χ2n) is 4.74. The van der Waals surface area contributed by atoms with E-state index in [4.69, 9.17) is 4.74 Å². The molecule has 2 N–H and O–H groups in total. The highest BCUT2D eigenvalue weighted by molar-refractivity contribution is 6.04. The molecule has 0 unspecified atom stereocenters. The summed E-state index contributed by atoms with van der Waals surface area (Å²) >= 11 is 0. The first-order valence-electron chi connectivity index (χ1n) is 7.00. The third-order valence-corrected chi connectivity index (χ3v) is 2.98. The Morgan fingerprint density at radius 1 is 0.909 bits per heavy atom. The second kappa shape index (κ2) is 7.26. The molecular weight excluding hydrogens is 280 g/mol. The number of nitrogens with one attached hydrogen (secondary N) is 2. The molecule has 0 radical (unpaired) electrons. The van der Waals surface area contributed by atoms with Gasteiger partial charge in [0.2, 0.25) is 0 Å². The first-order chi connectivity index (χ1) is 10.6. The standard InChI is InChI=1S/C17H18N2O3/c1-3-22-17(21)19-15-10-8-14(9-11-15)18-16(20)13-6-4-12(2)5-7-13/h4-11H,3H2,1-2H3,(H,18,20)(H,19,21). The van der Waals surface area contributed by atoms with Crippen molar-refractivity contribution in [3.8, 4) is 0 Å². The summed E-state index contributed by atoms with van der Waals surface area (Å²) < 4.78 is 4.79. The van der Waals surface area contributed by atoms with Gasteiger partial charge in [-0.3, -0.25) is 10.1 Å². The fraction of sp³-hybridized carbons (Fsp3) is 0.176. The zero-order valence-electron chi connectivity index (χ0n) is 12.6. The van der Waals surface area contributed by atoms with E-state index in [9.17, 15) is 9.59 Å². The van der Waals surface area contributed by atoms with Crippen LogP contribution in [0.3, 0.4) is 0 Å². The molecule has 5 nitrogen and oxygen atoms in total. The van der Waals surface area contributed by atoms with Gasteiger partial charge < -0.3 is 10.1 Å². The van der Waals surface area contributed by atoms with Crippen LogP contribution in [0.4, 0.5) is 16.2 Å². The van der Waals surface area contributed by atoms with Crippen molar-refractivity contribution in [2.45, 2.75) is 13.8 Å². The summed E-state index contributed by atoms with van der Waals surface area (Å²) in [5.74, 6) is -0.175. The normalized spacial score (nSPS) is 9.91. The van der Waals surface area contributed by atoms with Crippen molar-refractivity contribution >= 4 is 23.4 Å². The number of carbonyl (C=O) groups excluding carboxylic acids is 2. The summed E-state index contributed by atoms with van der Waals surface area (Å²) in [6.45, 7) is 4.02. The minimum Gasteiger partial charge on any atom is -0.450 e. The number of ether oxygens (including phenoxy) is 1. The quantitative estimate of drug-likeness (QED) is 0.901. The highest BCUT2D eigenvalue weighted by atomic mass is 16.5. The van der Waals surface area contributed by atoms with Crippen molar-refractivity contribution in [3.63, 3.8) is 0 Å². The molecule has 0 fully saturated rings. The number of amides is 2. The van der Waals surface area contributed by atoms with Gasteiger partial charge in [0, 0.05) is 16.9 Å². The maximum atomic E-state index is 12.1. The Labute approximate surface area is 129 Å². The molecular formula is C17H18N2O3. The highest BCUT2D eigenvalue weighted by Crippen LogP contribution is 2.15. The molecule has 2 aromatic rings.